The van der Waals surface area contributed by atoms with E-state index in [1.165, 1.54) is 13.3 Å². The molecule has 0 fully saturated rings. The minimum absolute atomic E-state index is 0.0649. The summed E-state index contributed by atoms with van der Waals surface area (Å²) in [6, 6.07) is 22.4. The van der Waals surface area contributed by atoms with Gasteiger partial charge in [0.25, 0.3) is 5.91 Å². The number of hydrazone groups is 1. The summed E-state index contributed by atoms with van der Waals surface area (Å²) in [4.78, 5) is 12.3. The minimum atomic E-state index is -0.294. The molecule has 0 aliphatic rings. The van der Waals surface area contributed by atoms with Gasteiger partial charge in [0.05, 0.1) is 24.9 Å². The molecule has 0 radical (unpaired) electrons. The predicted molar refractivity (Wildman–Crippen MR) is 147 cm³/mol. The fraction of sp³-hybridized carbons (Fsp3) is 0.111. The number of amides is 1. The van der Waals surface area contributed by atoms with Crippen molar-refractivity contribution < 1.29 is 14.3 Å². The molecule has 4 aromatic rings. The van der Waals surface area contributed by atoms with E-state index in [4.69, 9.17) is 44.3 Å². The van der Waals surface area contributed by atoms with E-state index < -0.39 is 0 Å². The van der Waals surface area contributed by atoms with Crippen molar-refractivity contribution in [1.82, 2.24) is 5.43 Å². The Morgan fingerprint density at radius 1 is 0.972 bits per heavy atom. The van der Waals surface area contributed by atoms with Crippen LogP contribution >= 0.6 is 34.8 Å². The van der Waals surface area contributed by atoms with E-state index in [0.29, 0.717) is 32.1 Å². The van der Waals surface area contributed by atoms with Crippen molar-refractivity contribution in [2.24, 2.45) is 5.10 Å². The molecule has 184 valence electrons. The highest BCUT2D eigenvalue weighted by Gasteiger charge is 2.13. The van der Waals surface area contributed by atoms with E-state index in [1.54, 1.807) is 30.3 Å². The second-order valence-corrected chi connectivity index (χ2v) is 8.98. The van der Waals surface area contributed by atoms with Crippen molar-refractivity contribution in [3.8, 4) is 11.5 Å². The molecule has 0 atom stereocenters. The van der Waals surface area contributed by atoms with Crippen LogP contribution in [0.3, 0.4) is 0 Å². The summed E-state index contributed by atoms with van der Waals surface area (Å²) in [6.45, 7) is 0.245. The van der Waals surface area contributed by atoms with Crippen LogP contribution in [0, 0.1) is 0 Å². The second-order valence-electron chi connectivity index (χ2n) is 7.73. The van der Waals surface area contributed by atoms with Gasteiger partial charge in [-0.3, -0.25) is 4.79 Å². The van der Waals surface area contributed by atoms with Crippen LogP contribution in [0.2, 0.25) is 15.1 Å². The van der Waals surface area contributed by atoms with E-state index in [-0.39, 0.29) is 19.1 Å². The summed E-state index contributed by atoms with van der Waals surface area (Å²) in [5.41, 5.74) is 4.76. The Morgan fingerprint density at radius 3 is 2.58 bits per heavy atom. The van der Waals surface area contributed by atoms with Crippen LogP contribution in [0.15, 0.2) is 77.9 Å². The Bertz CT molecular complexity index is 1420. The molecule has 0 unspecified atom stereocenters. The quantitative estimate of drug-likeness (QED) is 0.177. The van der Waals surface area contributed by atoms with Crippen LogP contribution in [0.25, 0.3) is 10.8 Å². The summed E-state index contributed by atoms with van der Waals surface area (Å²) in [5, 5.41) is 10.7. The van der Waals surface area contributed by atoms with Crippen molar-refractivity contribution in [1.29, 1.82) is 0 Å². The van der Waals surface area contributed by atoms with Crippen LogP contribution in [0.1, 0.15) is 11.1 Å². The van der Waals surface area contributed by atoms with Gasteiger partial charge in [-0.2, -0.15) is 5.10 Å². The smallest absolute Gasteiger partial charge is 0.259 e. The number of carbonyl (C=O) groups is 1. The lowest BCUT2D eigenvalue weighted by molar-refractivity contribution is -0.119. The van der Waals surface area contributed by atoms with Gasteiger partial charge >= 0.3 is 0 Å². The Balaban J connectivity index is 1.36. The lowest BCUT2D eigenvalue weighted by Crippen LogP contribution is -2.25. The minimum Gasteiger partial charge on any atom is -0.493 e. The van der Waals surface area contributed by atoms with E-state index in [0.717, 1.165) is 22.0 Å². The molecular formula is C27H22Cl3N3O3. The molecule has 0 aliphatic heterocycles. The van der Waals surface area contributed by atoms with Gasteiger partial charge in [0.2, 0.25) is 0 Å². The molecule has 2 N–H and O–H groups in total. The summed E-state index contributed by atoms with van der Waals surface area (Å²) in [5.74, 6) is 0.487. The maximum absolute atomic E-state index is 12.3. The zero-order valence-electron chi connectivity index (χ0n) is 19.2. The standard InChI is InChI=1S/C27H22Cl3N3O3/c1-35-25-12-17(11-23(30)27(25)36-16-19-9-10-20(28)13-22(19)29)14-32-33-26(34)15-31-24-8-4-6-18-5-2-3-7-21(18)24/h2-14,31H,15-16H2,1H3,(H,33,34)/b32-14-. The molecule has 0 aliphatic carbocycles. The molecule has 0 bridgehead atoms. The SMILES string of the molecule is COc1cc(/C=N\NC(=O)CNc2cccc3ccccc23)cc(Cl)c1OCc1ccc(Cl)cc1Cl. The predicted octanol–water partition coefficient (Wildman–Crippen LogP) is 6.95. The van der Waals surface area contributed by atoms with E-state index in [2.05, 4.69) is 15.8 Å². The molecule has 0 saturated heterocycles. The van der Waals surface area contributed by atoms with Crippen LogP contribution in [0.5, 0.6) is 11.5 Å². The number of benzene rings is 4. The van der Waals surface area contributed by atoms with Gasteiger partial charge in [0.1, 0.15) is 6.61 Å². The van der Waals surface area contributed by atoms with Crippen molar-refractivity contribution in [2.75, 3.05) is 19.0 Å². The molecule has 6 nitrogen and oxygen atoms in total. The number of methoxy groups -OCH3 is 1. The van der Waals surface area contributed by atoms with Crippen molar-refractivity contribution >= 4 is 63.4 Å². The molecule has 4 aromatic carbocycles. The number of halogens is 3. The van der Waals surface area contributed by atoms with E-state index in [9.17, 15) is 4.79 Å². The van der Waals surface area contributed by atoms with Crippen molar-refractivity contribution in [3.63, 3.8) is 0 Å². The highest BCUT2D eigenvalue weighted by molar-refractivity contribution is 6.35. The fourth-order valence-corrected chi connectivity index (χ4v) is 4.25. The zero-order valence-corrected chi connectivity index (χ0v) is 21.5. The average Bonchev–Trinajstić information content (AvgIpc) is 2.87. The highest BCUT2D eigenvalue weighted by atomic mass is 35.5. The van der Waals surface area contributed by atoms with Crippen LogP contribution in [0.4, 0.5) is 5.69 Å². The third-order valence-corrected chi connectivity index (χ3v) is 6.14. The molecule has 0 spiro atoms. The van der Waals surface area contributed by atoms with Gasteiger partial charge in [-0.15, -0.1) is 0 Å². The molecule has 9 heteroatoms. The largest absolute Gasteiger partial charge is 0.493 e. The topological polar surface area (TPSA) is 72.0 Å². The molecule has 0 heterocycles. The van der Waals surface area contributed by atoms with Crippen LogP contribution in [-0.2, 0) is 11.4 Å². The Morgan fingerprint density at radius 2 is 1.78 bits per heavy atom. The first-order chi connectivity index (χ1) is 17.4. The van der Waals surface area contributed by atoms with Gasteiger partial charge in [-0.05, 0) is 41.3 Å². The third-order valence-electron chi connectivity index (χ3n) is 5.27. The number of ether oxygens (including phenoxy) is 2. The molecule has 0 aromatic heterocycles. The molecule has 0 saturated carbocycles. The zero-order chi connectivity index (χ0) is 25.5. The number of hydrogen-bond acceptors (Lipinski definition) is 5. The molecular weight excluding hydrogens is 521 g/mol. The first-order valence-electron chi connectivity index (χ1n) is 10.9. The number of rotatable bonds is 9. The van der Waals surface area contributed by atoms with Gasteiger partial charge in [0, 0.05) is 26.7 Å². The summed E-state index contributed by atoms with van der Waals surface area (Å²) < 4.78 is 11.3. The average molecular weight is 543 g/mol. The Hall–Kier alpha value is -3.45. The number of nitrogens with one attached hydrogen (secondary N) is 2. The third kappa shape index (κ3) is 6.40. The maximum atomic E-state index is 12.3. The van der Waals surface area contributed by atoms with Gasteiger partial charge < -0.3 is 14.8 Å². The monoisotopic (exact) mass is 541 g/mol. The van der Waals surface area contributed by atoms with Gasteiger partial charge in [0.15, 0.2) is 11.5 Å². The molecule has 4 rings (SSSR count). The first kappa shape index (κ1) is 25.6. The first-order valence-corrected chi connectivity index (χ1v) is 12.1. The maximum Gasteiger partial charge on any atom is 0.259 e. The normalized spacial score (nSPS) is 11.0. The summed E-state index contributed by atoms with van der Waals surface area (Å²) in [7, 11) is 1.51. The Kier molecular flexibility index (Phi) is 8.54. The number of anilines is 1. The summed E-state index contributed by atoms with van der Waals surface area (Å²) >= 11 is 18.6. The van der Waals surface area contributed by atoms with Crippen molar-refractivity contribution in [2.45, 2.75) is 6.61 Å². The second kappa shape index (κ2) is 12.0. The van der Waals surface area contributed by atoms with Crippen molar-refractivity contribution in [3.05, 3.63) is 99.0 Å². The number of nitrogens with zero attached hydrogens (tertiary/aromatic N) is 1. The highest BCUT2D eigenvalue weighted by Crippen LogP contribution is 2.37. The number of hydrogen-bond donors (Lipinski definition) is 2. The van der Waals surface area contributed by atoms with Gasteiger partial charge in [-0.1, -0.05) is 77.3 Å². The fourth-order valence-electron chi connectivity index (χ4n) is 3.52. The van der Waals surface area contributed by atoms with Gasteiger partial charge in [-0.25, -0.2) is 5.43 Å². The lowest BCUT2D eigenvalue weighted by Gasteiger charge is -2.14. The number of fused-ring (bicyclic) bond motifs is 1. The lowest BCUT2D eigenvalue weighted by atomic mass is 10.1. The molecule has 1 amide bonds. The number of carbonyl (C=O) groups excluding carboxylic acids is 1. The van der Waals surface area contributed by atoms with E-state index in [1.807, 2.05) is 42.5 Å². The Labute approximate surface area is 223 Å². The van der Waals surface area contributed by atoms with Crippen LogP contribution < -0.4 is 20.2 Å². The van der Waals surface area contributed by atoms with E-state index >= 15 is 0 Å². The molecule has 36 heavy (non-hydrogen) atoms. The summed E-state index contributed by atoms with van der Waals surface area (Å²) in [6.07, 6.45) is 1.48. The van der Waals surface area contributed by atoms with Crippen LogP contribution in [-0.4, -0.2) is 25.8 Å².